The fourth-order valence-corrected chi connectivity index (χ4v) is 1.46. The number of hydrogen-bond donors (Lipinski definition) is 1. The number of para-hydroxylation sites is 1. The number of esters is 1. The summed E-state index contributed by atoms with van der Waals surface area (Å²) in [6, 6.07) is 5.10. The number of carbonyl (C=O) groups is 1. The average molecular weight is 265 g/mol. The smallest absolute Gasteiger partial charge is 0.342 e. The van der Waals surface area contributed by atoms with Crippen molar-refractivity contribution in [1.29, 1.82) is 0 Å². The van der Waals surface area contributed by atoms with Gasteiger partial charge in [0, 0.05) is 0 Å². The first-order chi connectivity index (χ1) is 8.70. The number of hydrogen-bond acceptors (Lipinski definition) is 4. The van der Waals surface area contributed by atoms with Crippen molar-refractivity contribution in [2.24, 2.45) is 5.92 Å². The van der Waals surface area contributed by atoms with Gasteiger partial charge in [-0.15, -0.1) is 0 Å². The van der Waals surface area contributed by atoms with Crippen LogP contribution in [0.5, 0.6) is 5.75 Å². The van der Waals surface area contributed by atoms with Crippen molar-refractivity contribution in [3.05, 3.63) is 23.8 Å². The number of carbonyl (C=O) groups excluding carboxylic acids is 1. The molecule has 0 amide bonds. The molecule has 0 saturated carbocycles. The van der Waals surface area contributed by atoms with Crippen molar-refractivity contribution >= 4 is 11.7 Å². The van der Waals surface area contributed by atoms with Gasteiger partial charge in [-0.1, -0.05) is 19.9 Å². The highest BCUT2D eigenvalue weighted by Gasteiger charge is 2.22. The Morgan fingerprint density at radius 3 is 2.47 bits per heavy atom. The molecule has 0 atom stereocenters. The molecule has 0 aliphatic carbocycles. The Labute approximate surface area is 114 Å². The van der Waals surface area contributed by atoms with Crippen molar-refractivity contribution in [3.8, 4) is 5.75 Å². The summed E-state index contributed by atoms with van der Waals surface area (Å²) >= 11 is 0. The summed E-state index contributed by atoms with van der Waals surface area (Å²) in [6.07, 6.45) is 0. The van der Waals surface area contributed by atoms with E-state index in [0.29, 0.717) is 29.5 Å². The van der Waals surface area contributed by atoms with E-state index < -0.39 is 11.6 Å². The molecule has 0 spiro atoms. The van der Waals surface area contributed by atoms with Gasteiger partial charge in [0.15, 0.2) is 5.75 Å². The van der Waals surface area contributed by atoms with Gasteiger partial charge in [0.1, 0.15) is 11.2 Å². The first-order valence-electron chi connectivity index (χ1n) is 6.45. The lowest BCUT2D eigenvalue weighted by Gasteiger charge is -2.21. The third-order valence-corrected chi connectivity index (χ3v) is 2.23. The molecule has 1 rings (SSSR count). The zero-order valence-corrected chi connectivity index (χ0v) is 12.3. The quantitative estimate of drug-likeness (QED) is 0.670. The lowest BCUT2D eigenvalue weighted by Crippen LogP contribution is -2.24. The molecule has 4 heteroatoms. The Morgan fingerprint density at radius 2 is 1.95 bits per heavy atom. The summed E-state index contributed by atoms with van der Waals surface area (Å²) in [5.41, 5.74) is 6.15. The molecular formula is C15H23NO3. The topological polar surface area (TPSA) is 61.5 Å². The molecule has 19 heavy (non-hydrogen) atoms. The Kier molecular flexibility index (Phi) is 4.81. The molecule has 1 aromatic rings. The summed E-state index contributed by atoms with van der Waals surface area (Å²) in [4.78, 5) is 12.1. The lowest BCUT2D eigenvalue weighted by atomic mass is 10.1. The summed E-state index contributed by atoms with van der Waals surface area (Å²) in [5, 5.41) is 0. The van der Waals surface area contributed by atoms with Crippen LogP contribution < -0.4 is 10.5 Å². The molecule has 0 radical (unpaired) electrons. The highest BCUT2D eigenvalue weighted by atomic mass is 16.6. The number of rotatable bonds is 4. The lowest BCUT2D eigenvalue weighted by molar-refractivity contribution is 0.00655. The monoisotopic (exact) mass is 265 g/mol. The molecule has 0 aliphatic rings. The van der Waals surface area contributed by atoms with Crippen molar-refractivity contribution < 1.29 is 14.3 Å². The van der Waals surface area contributed by atoms with E-state index in [4.69, 9.17) is 15.2 Å². The Balaban J connectivity index is 2.99. The summed E-state index contributed by atoms with van der Waals surface area (Å²) in [6.45, 7) is 10.0. The minimum absolute atomic E-state index is 0.353. The van der Waals surface area contributed by atoms with Crippen molar-refractivity contribution in [2.45, 2.75) is 40.2 Å². The van der Waals surface area contributed by atoms with Gasteiger partial charge in [-0.2, -0.15) is 0 Å². The Morgan fingerprint density at radius 1 is 1.32 bits per heavy atom. The van der Waals surface area contributed by atoms with Gasteiger partial charge in [0.2, 0.25) is 0 Å². The standard InChI is InChI=1S/C15H23NO3/c1-10(2)9-18-13-11(7-6-8-12(13)16)14(17)19-15(3,4)5/h6-8,10H,9,16H2,1-5H3. The van der Waals surface area contributed by atoms with Crippen LogP contribution in [0.25, 0.3) is 0 Å². The van der Waals surface area contributed by atoms with Crippen LogP contribution in [0.1, 0.15) is 45.0 Å². The third-order valence-electron chi connectivity index (χ3n) is 2.23. The zero-order chi connectivity index (χ0) is 14.6. The molecule has 0 fully saturated rings. The first kappa shape index (κ1) is 15.3. The fraction of sp³-hybridized carbons (Fsp3) is 0.533. The predicted molar refractivity (Wildman–Crippen MR) is 76.4 cm³/mol. The fourth-order valence-electron chi connectivity index (χ4n) is 1.46. The van der Waals surface area contributed by atoms with E-state index in [1.807, 2.05) is 34.6 Å². The van der Waals surface area contributed by atoms with E-state index in [-0.39, 0.29) is 0 Å². The largest absolute Gasteiger partial charge is 0.490 e. The zero-order valence-electron chi connectivity index (χ0n) is 12.3. The Hall–Kier alpha value is -1.71. The van der Waals surface area contributed by atoms with Gasteiger partial charge >= 0.3 is 5.97 Å². The maximum atomic E-state index is 12.1. The molecule has 0 saturated heterocycles. The molecule has 0 unspecified atom stereocenters. The molecule has 0 aliphatic heterocycles. The molecule has 0 aromatic heterocycles. The van der Waals surface area contributed by atoms with Crippen LogP contribution in [0.15, 0.2) is 18.2 Å². The van der Waals surface area contributed by atoms with E-state index in [0.717, 1.165) is 0 Å². The highest BCUT2D eigenvalue weighted by molar-refractivity contribution is 5.94. The summed E-state index contributed by atoms with van der Waals surface area (Å²) < 4.78 is 11.0. The Bertz CT molecular complexity index is 447. The SMILES string of the molecule is CC(C)COc1c(N)cccc1C(=O)OC(C)(C)C. The minimum atomic E-state index is -0.545. The van der Waals surface area contributed by atoms with Gasteiger partial charge in [-0.25, -0.2) is 4.79 Å². The average Bonchev–Trinajstić information content (AvgIpc) is 2.24. The van der Waals surface area contributed by atoms with Gasteiger partial charge in [0.25, 0.3) is 0 Å². The number of benzene rings is 1. The molecule has 4 nitrogen and oxygen atoms in total. The molecule has 1 aromatic carbocycles. The van der Waals surface area contributed by atoms with Crippen LogP contribution in [-0.2, 0) is 4.74 Å². The first-order valence-corrected chi connectivity index (χ1v) is 6.45. The van der Waals surface area contributed by atoms with Crippen LogP contribution in [0.2, 0.25) is 0 Å². The van der Waals surface area contributed by atoms with Gasteiger partial charge in [0.05, 0.1) is 12.3 Å². The second-order valence-electron chi connectivity index (χ2n) is 5.93. The maximum Gasteiger partial charge on any atom is 0.342 e. The van der Waals surface area contributed by atoms with Crippen LogP contribution >= 0.6 is 0 Å². The molecule has 106 valence electrons. The number of nitrogen functional groups attached to an aromatic ring is 1. The van der Waals surface area contributed by atoms with Crippen molar-refractivity contribution in [1.82, 2.24) is 0 Å². The van der Waals surface area contributed by atoms with Crippen molar-refractivity contribution in [2.75, 3.05) is 12.3 Å². The predicted octanol–water partition coefficient (Wildman–Crippen LogP) is 3.26. The molecule has 0 bridgehead atoms. The number of ether oxygens (including phenoxy) is 2. The molecule has 2 N–H and O–H groups in total. The maximum absolute atomic E-state index is 12.1. The normalized spacial score (nSPS) is 11.5. The molecular weight excluding hydrogens is 242 g/mol. The van der Waals surface area contributed by atoms with Crippen molar-refractivity contribution in [3.63, 3.8) is 0 Å². The van der Waals surface area contributed by atoms with Crippen LogP contribution in [0.4, 0.5) is 5.69 Å². The van der Waals surface area contributed by atoms with Crippen LogP contribution in [0, 0.1) is 5.92 Å². The number of anilines is 1. The second kappa shape index (κ2) is 5.95. The van der Waals surface area contributed by atoms with Crippen LogP contribution in [-0.4, -0.2) is 18.2 Å². The summed E-state index contributed by atoms with van der Waals surface area (Å²) in [7, 11) is 0. The van der Waals surface area contributed by atoms with Crippen LogP contribution in [0.3, 0.4) is 0 Å². The third kappa shape index (κ3) is 4.81. The highest BCUT2D eigenvalue weighted by Crippen LogP contribution is 2.28. The van der Waals surface area contributed by atoms with Gasteiger partial charge < -0.3 is 15.2 Å². The summed E-state index contributed by atoms with van der Waals surface area (Å²) in [5.74, 6) is 0.343. The van der Waals surface area contributed by atoms with E-state index in [1.54, 1.807) is 18.2 Å². The number of nitrogens with two attached hydrogens (primary N) is 1. The minimum Gasteiger partial charge on any atom is -0.490 e. The van der Waals surface area contributed by atoms with Gasteiger partial charge in [-0.3, -0.25) is 0 Å². The van der Waals surface area contributed by atoms with Gasteiger partial charge in [-0.05, 0) is 38.8 Å². The van der Waals surface area contributed by atoms with E-state index in [9.17, 15) is 4.79 Å². The van der Waals surface area contributed by atoms with E-state index >= 15 is 0 Å². The molecule has 0 heterocycles. The van der Waals surface area contributed by atoms with E-state index in [2.05, 4.69) is 0 Å². The second-order valence-corrected chi connectivity index (χ2v) is 5.93. The van der Waals surface area contributed by atoms with E-state index in [1.165, 1.54) is 0 Å².